The van der Waals surface area contributed by atoms with Gasteiger partial charge in [-0.3, -0.25) is 0 Å². The van der Waals surface area contributed by atoms with Gasteiger partial charge in [0, 0.05) is 0 Å². The van der Waals surface area contributed by atoms with Crippen molar-refractivity contribution in [3.63, 3.8) is 0 Å². The van der Waals surface area contributed by atoms with Crippen LogP contribution in [0.2, 0.25) is 0 Å². The highest BCUT2D eigenvalue weighted by atomic mass is 19.2. The molecule has 0 aliphatic rings. The van der Waals surface area contributed by atoms with Crippen molar-refractivity contribution in [1.82, 2.24) is 0 Å². The molecular weight excluding hydrogens is 512 g/mol. The van der Waals surface area contributed by atoms with Gasteiger partial charge in [0.2, 0.25) is 0 Å². The van der Waals surface area contributed by atoms with Gasteiger partial charge in [0.1, 0.15) is 46.5 Å². The molecular formula is C30H14F8. The highest BCUT2D eigenvalue weighted by Crippen LogP contribution is 2.46. The van der Waals surface area contributed by atoms with Gasteiger partial charge in [-0.1, -0.05) is 24.3 Å². The molecule has 0 aliphatic heterocycles. The van der Waals surface area contributed by atoms with Crippen LogP contribution in [0.3, 0.4) is 0 Å². The largest absolute Gasteiger partial charge is 0.206 e. The van der Waals surface area contributed by atoms with Crippen LogP contribution in [-0.4, -0.2) is 0 Å². The monoisotopic (exact) mass is 528 g/mol. The lowest BCUT2D eigenvalue weighted by molar-refractivity contribution is 0.584. The van der Waals surface area contributed by atoms with Gasteiger partial charge >= 0.3 is 0 Å². The van der Waals surface area contributed by atoms with E-state index in [1.165, 1.54) is 0 Å². The molecule has 0 saturated heterocycles. The summed E-state index contributed by atoms with van der Waals surface area (Å²) < 4.78 is 139. The number of hydrogen-bond donors (Lipinski definition) is 0. The number of benzene rings is 5. The Kier molecular flexibility index (Phi) is 5.84. The second-order valence-corrected chi connectivity index (χ2v) is 8.14. The maximum atomic E-state index is 15.1. The topological polar surface area (TPSA) is 0 Å². The Morgan fingerprint density at radius 3 is 0.632 bits per heavy atom. The maximum absolute atomic E-state index is 15.1. The molecule has 38 heavy (non-hydrogen) atoms. The molecule has 0 bridgehead atoms. The molecule has 0 spiro atoms. The minimum Gasteiger partial charge on any atom is -0.206 e. The Balaban J connectivity index is 2.15. The lowest BCUT2D eigenvalue weighted by atomic mass is 9.84. The zero-order chi connectivity index (χ0) is 28.9. The van der Waals surface area contributed by atoms with E-state index < -0.39 is 103 Å². The zero-order valence-corrected chi connectivity index (χ0v) is 19.0. The zero-order valence-electron chi connectivity index (χ0n) is 21.0. The molecule has 0 unspecified atom stereocenters. The molecule has 5 rings (SSSR count). The first kappa shape index (κ1) is 22.7. The molecule has 8 heteroatoms. The van der Waals surface area contributed by atoms with Crippen molar-refractivity contribution in [2.45, 2.75) is 0 Å². The molecule has 0 amide bonds. The van der Waals surface area contributed by atoms with Gasteiger partial charge in [-0.15, -0.1) is 0 Å². The fourth-order valence-corrected chi connectivity index (χ4v) is 4.20. The highest BCUT2D eigenvalue weighted by Gasteiger charge is 2.27. The van der Waals surface area contributed by atoms with Crippen LogP contribution in [0.4, 0.5) is 35.1 Å². The Labute approximate surface area is 214 Å². The minimum absolute atomic E-state index is 0.761. The standard InChI is InChI=1S/C30H14F8/c31-19-5-1-6-20(32)27(19)15-13-17(29-23(35)9-3-10-24(29)36)18(30-25(37)11-4-12-26(30)38)14-16(15)28-21(33)7-2-8-22(28)34/h1-14H/i13D,14D. The Morgan fingerprint density at radius 1 is 0.316 bits per heavy atom. The number of hydrogen-bond acceptors (Lipinski definition) is 0. The van der Waals surface area contributed by atoms with Crippen LogP contribution in [-0.2, 0) is 0 Å². The molecule has 0 saturated carbocycles. The molecule has 0 fully saturated rings. The maximum Gasteiger partial charge on any atom is 0.133 e. The molecule has 0 aromatic heterocycles. The second kappa shape index (κ2) is 9.78. The van der Waals surface area contributed by atoms with Crippen molar-refractivity contribution in [1.29, 1.82) is 0 Å². The highest BCUT2D eigenvalue weighted by molar-refractivity contribution is 5.96. The van der Waals surface area contributed by atoms with E-state index in [4.69, 9.17) is 2.74 Å². The third-order valence-electron chi connectivity index (χ3n) is 5.85. The van der Waals surface area contributed by atoms with E-state index in [1.54, 1.807) is 0 Å². The summed E-state index contributed by atoms with van der Waals surface area (Å²) >= 11 is 0. The van der Waals surface area contributed by atoms with Gasteiger partial charge in [-0.2, -0.15) is 0 Å². The van der Waals surface area contributed by atoms with E-state index >= 15 is 35.1 Å². The van der Waals surface area contributed by atoms with Crippen molar-refractivity contribution in [3.05, 3.63) is 131 Å². The lowest BCUT2D eigenvalue weighted by Crippen LogP contribution is -2.02. The van der Waals surface area contributed by atoms with Crippen LogP contribution in [0, 0.1) is 46.5 Å². The predicted octanol–water partition coefficient (Wildman–Crippen LogP) is 9.47. The molecule has 0 aliphatic carbocycles. The van der Waals surface area contributed by atoms with Crippen LogP contribution in [0.5, 0.6) is 0 Å². The van der Waals surface area contributed by atoms with Crippen LogP contribution >= 0.6 is 0 Å². The molecule has 5 aromatic rings. The smallest absolute Gasteiger partial charge is 0.133 e. The molecule has 0 N–H and O–H groups in total. The summed E-state index contributed by atoms with van der Waals surface area (Å²) in [6.07, 6.45) is 0. The molecule has 5 aromatic carbocycles. The molecule has 0 nitrogen and oxygen atoms in total. The van der Waals surface area contributed by atoms with E-state index in [2.05, 4.69) is 0 Å². The van der Waals surface area contributed by atoms with E-state index in [0.717, 1.165) is 72.8 Å². The summed E-state index contributed by atoms with van der Waals surface area (Å²) in [7, 11) is 0. The van der Waals surface area contributed by atoms with Crippen LogP contribution in [0.15, 0.2) is 84.9 Å². The Bertz CT molecular complexity index is 1480. The molecule has 0 atom stereocenters. The SMILES string of the molecule is [2H]c1c(-c2c(F)cccc2F)c(-c2c(F)cccc2F)c([2H])c(-c2c(F)cccc2F)c1-c1c(F)cccc1F. The van der Waals surface area contributed by atoms with Crippen LogP contribution in [0.1, 0.15) is 2.74 Å². The summed E-state index contributed by atoms with van der Waals surface area (Å²) in [6.45, 7) is 0. The third kappa shape index (κ3) is 4.22. The van der Waals surface area contributed by atoms with E-state index in [0.29, 0.717) is 0 Å². The first-order valence-electron chi connectivity index (χ1n) is 12.0. The average Bonchev–Trinajstić information content (AvgIpc) is 2.88. The van der Waals surface area contributed by atoms with E-state index in [-0.39, 0.29) is 0 Å². The van der Waals surface area contributed by atoms with E-state index in [9.17, 15) is 0 Å². The van der Waals surface area contributed by atoms with Crippen molar-refractivity contribution in [3.8, 4) is 44.5 Å². The average molecular weight is 528 g/mol. The first-order chi connectivity index (χ1) is 19.0. The van der Waals surface area contributed by atoms with Crippen LogP contribution in [0.25, 0.3) is 44.5 Å². The Hall–Kier alpha value is -4.46. The summed E-state index contributed by atoms with van der Waals surface area (Å²) in [6, 6.07) is 7.65. The number of halogens is 8. The van der Waals surface area contributed by atoms with Crippen molar-refractivity contribution in [2.24, 2.45) is 0 Å². The second-order valence-electron chi connectivity index (χ2n) is 8.14. The molecule has 0 heterocycles. The third-order valence-corrected chi connectivity index (χ3v) is 5.85. The van der Waals surface area contributed by atoms with Gasteiger partial charge in [-0.05, 0) is 82.9 Å². The number of rotatable bonds is 4. The molecule has 190 valence electrons. The summed E-state index contributed by atoms with van der Waals surface area (Å²) in [5.74, 6) is -10.7. The van der Waals surface area contributed by atoms with Crippen molar-refractivity contribution >= 4 is 0 Å². The van der Waals surface area contributed by atoms with Gasteiger partial charge in [-0.25, -0.2) is 35.1 Å². The quantitative estimate of drug-likeness (QED) is 0.204. The van der Waals surface area contributed by atoms with Crippen molar-refractivity contribution < 1.29 is 37.9 Å². The summed E-state index contributed by atoms with van der Waals surface area (Å²) in [4.78, 5) is 0. The van der Waals surface area contributed by atoms with Gasteiger partial charge in [0.25, 0.3) is 0 Å². The Morgan fingerprint density at radius 2 is 0.474 bits per heavy atom. The van der Waals surface area contributed by atoms with E-state index in [1.807, 2.05) is 0 Å². The van der Waals surface area contributed by atoms with Gasteiger partial charge in [0.15, 0.2) is 0 Å². The fourth-order valence-electron chi connectivity index (χ4n) is 4.20. The fraction of sp³-hybridized carbons (Fsp3) is 0. The normalized spacial score (nSPS) is 11.9. The first-order valence-corrected chi connectivity index (χ1v) is 11.0. The predicted molar refractivity (Wildman–Crippen MR) is 128 cm³/mol. The van der Waals surface area contributed by atoms with Gasteiger partial charge < -0.3 is 0 Å². The molecule has 0 radical (unpaired) electrons. The van der Waals surface area contributed by atoms with Crippen LogP contribution < -0.4 is 0 Å². The summed E-state index contributed by atoms with van der Waals surface area (Å²) in [5.41, 5.74) is -8.00. The summed E-state index contributed by atoms with van der Waals surface area (Å²) in [5, 5.41) is 0. The lowest BCUT2D eigenvalue weighted by Gasteiger charge is -2.20. The van der Waals surface area contributed by atoms with Gasteiger partial charge in [0.05, 0.1) is 25.0 Å². The van der Waals surface area contributed by atoms with Crippen molar-refractivity contribution in [2.75, 3.05) is 0 Å². The minimum atomic E-state index is -1.34.